The SMILES string of the molecule is O=[N+]([O-])c1cc(Cl)c(F)cc1NCc1ccsc1. The van der Waals surface area contributed by atoms with Gasteiger partial charge in [-0.3, -0.25) is 10.1 Å². The molecule has 0 atom stereocenters. The number of nitro benzene ring substituents is 1. The zero-order valence-corrected chi connectivity index (χ0v) is 10.6. The van der Waals surface area contributed by atoms with Crippen molar-refractivity contribution in [2.24, 2.45) is 0 Å². The predicted octanol–water partition coefficient (Wildman–Crippen LogP) is 4.06. The van der Waals surface area contributed by atoms with Gasteiger partial charge in [-0.05, 0) is 22.4 Å². The van der Waals surface area contributed by atoms with Gasteiger partial charge in [-0.1, -0.05) is 11.6 Å². The maximum absolute atomic E-state index is 13.3. The molecule has 94 valence electrons. The minimum atomic E-state index is -0.685. The van der Waals surface area contributed by atoms with Crippen LogP contribution in [0.15, 0.2) is 29.0 Å². The molecule has 0 spiro atoms. The number of nitrogens with one attached hydrogen (secondary N) is 1. The van der Waals surface area contributed by atoms with Crippen molar-refractivity contribution in [1.29, 1.82) is 0 Å². The van der Waals surface area contributed by atoms with Crippen molar-refractivity contribution in [3.05, 3.63) is 55.5 Å². The Morgan fingerprint density at radius 1 is 1.50 bits per heavy atom. The van der Waals surface area contributed by atoms with Gasteiger partial charge in [-0.15, -0.1) is 0 Å². The Balaban J connectivity index is 2.25. The highest BCUT2D eigenvalue weighted by molar-refractivity contribution is 7.07. The lowest BCUT2D eigenvalue weighted by Gasteiger charge is -2.07. The van der Waals surface area contributed by atoms with Gasteiger partial charge < -0.3 is 5.32 Å². The van der Waals surface area contributed by atoms with Crippen LogP contribution in [0.1, 0.15) is 5.56 Å². The van der Waals surface area contributed by atoms with Crippen molar-refractivity contribution in [3.8, 4) is 0 Å². The highest BCUT2D eigenvalue weighted by Crippen LogP contribution is 2.30. The summed E-state index contributed by atoms with van der Waals surface area (Å²) in [6.45, 7) is 0.394. The molecule has 0 bridgehead atoms. The van der Waals surface area contributed by atoms with Crippen LogP contribution in [0.3, 0.4) is 0 Å². The van der Waals surface area contributed by atoms with E-state index in [-0.39, 0.29) is 16.4 Å². The smallest absolute Gasteiger partial charge is 0.294 e. The van der Waals surface area contributed by atoms with Gasteiger partial charge in [0, 0.05) is 18.7 Å². The van der Waals surface area contributed by atoms with Crippen molar-refractivity contribution in [1.82, 2.24) is 0 Å². The van der Waals surface area contributed by atoms with Crippen molar-refractivity contribution >= 4 is 34.3 Å². The maximum Gasteiger partial charge on any atom is 0.294 e. The minimum Gasteiger partial charge on any atom is -0.375 e. The van der Waals surface area contributed by atoms with Gasteiger partial charge >= 0.3 is 0 Å². The minimum absolute atomic E-state index is 0.119. The second-order valence-corrected chi connectivity index (χ2v) is 4.71. The monoisotopic (exact) mass is 286 g/mol. The molecule has 2 aromatic rings. The Labute approximate surface area is 111 Å². The van der Waals surface area contributed by atoms with Crippen LogP contribution < -0.4 is 5.32 Å². The van der Waals surface area contributed by atoms with Gasteiger partial charge in [0.15, 0.2) is 0 Å². The van der Waals surface area contributed by atoms with E-state index in [4.69, 9.17) is 11.6 Å². The third-order valence-electron chi connectivity index (χ3n) is 2.30. The van der Waals surface area contributed by atoms with Crippen LogP contribution in [0, 0.1) is 15.9 Å². The van der Waals surface area contributed by atoms with Gasteiger partial charge in [-0.25, -0.2) is 4.39 Å². The number of anilines is 1. The number of hydrogen-bond acceptors (Lipinski definition) is 4. The number of nitrogens with zero attached hydrogens (tertiary/aromatic N) is 1. The van der Waals surface area contributed by atoms with Crippen LogP contribution in [0.4, 0.5) is 15.8 Å². The van der Waals surface area contributed by atoms with Crippen molar-refractivity contribution in [2.75, 3.05) is 5.32 Å². The number of hydrogen-bond donors (Lipinski definition) is 1. The summed E-state index contributed by atoms with van der Waals surface area (Å²) in [6, 6.07) is 3.93. The molecule has 4 nitrogen and oxygen atoms in total. The van der Waals surface area contributed by atoms with Crippen LogP contribution in [0.5, 0.6) is 0 Å². The highest BCUT2D eigenvalue weighted by Gasteiger charge is 2.17. The first-order valence-corrected chi connectivity index (χ1v) is 6.28. The van der Waals surface area contributed by atoms with Crippen LogP contribution in [-0.2, 0) is 6.54 Å². The second-order valence-electron chi connectivity index (χ2n) is 3.53. The lowest BCUT2D eigenvalue weighted by molar-refractivity contribution is -0.384. The second kappa shape index (κ2) is 5.32. The van der Waals surface area contributed by atoms with E-state index in [1.165, 1.54) is 11.3 Å². The number of benzene rings is 1. The molecule has 0 aliphatic carbocycles. The Bertz CT molecular complexity index is 575. The Kier molecular flexibility index (Phi) is 3.78. The summed E-state index contributed by atoms with van der Waals surface area (Å²) in [5.41, 5.74) is 0.856. The van der Waals surface area contributed by atoms with E-state index < -0.39 is 10.7 Å². The van der Waals surface area contributed by atoms with Crippen molar-refractivity contribution in [2.45, 2.75) is 6.54 Å². The molecular formula is C11H8ClFN2O2S. The first-order chi connectivity index (χ1) is 8.58. The van der Waals surface area contributed by atoms with Crippen LogP contribution in [0.25, 0.3) is 0 Å². The van der Waals surface area contributed by atoms with Crippen LogP contribution in [0.2, 0.25) is 5.02 Å². The summed E-state index contributed by atoms with van der Waals surface area (Å²) in [4.78, 5) is 10.2. The molecular weight excluding hydrogens is 279 g/mol. The predicted molar refractivity (Wildman–Crippen MR) is 69.7 cm³/mol. The van der Waals surface area contributed by atoms with Crippen LogP contribution in [-0.4, -0.2) is 4.92 Å². The molecule has 0 saturated carbocycles. The van der Waals surface area contributed by atoms with E-state index >= 15 is 0 Å². The first kappa shape index (κ1) is 12.8. The molecule has 0 aliphatic rings. The largest absolute Gasteiger partial charge is 0.375 e. The van der Waals surface area contributed by atoms with E-state index in [0.717, 1.165) is 17.7 Å². The van der Waals surface area contributed by atoms with E-state index in [9.17, 15) is 14.5 Å². The molecule has 2 rings (SSSR count). The summed E-state index contributed by atoms with van der Waals surface area (Å²) >= 11 is 7.05. The molecule has 0 fully saturated rings. The van der Waals surface area contributed by atoms with E-state index in [1.807, 2.05) is 16.8 Å². The third-order valence-corrected chi connectivity index (χ3v) is 3.32. The molecule has 0 saturated heterocycles. The van der Waals surface area contributed by atoms with Gasteiger partial charge in [0.25, 0.3) is 5.69 Å². The summed E-state index contributed by atoms with van der Waals surface area (Å²) in [5.74, 6) is -0.685. The van der Waals surface area contributed by atoms with E-state index in [0.29, 0.717) is 6.54 Å². The fraction of sp³-hybridized carbons (Fsp3) is 0.0909. The Morgan fingerprint density at radius 2 is 2.28 bits per heavy atom. The number of halogens is 2. The summed E-state index contributed by atoms with van der Waals surface area (Å²) in [6.07, 6.45) is 0. The quantitative estimate of drug-likeness (QED) is 0.681. The lowest BCUT2D eigenvalue weighted by Crippen LogP contribution is -2.02. The number of thiophene rings is 1. The molecule has 0 amide bonds. The molecule has 0 aliphatic heterocycles. The van der Waals surface area contributed by atoms with E-state index in [2.05, 4.69) is 5.32 Å². The Morgan fingerprint density at radius 3 is 2.89 bits per heavy atom. The summed E-state index contributed by atoms with van der Waals surface area (Å²) < 4.78 is 13.3. The molecule has 1 aromatic heterocycles. The van der Waals surface area contributed by atoms with Gasteiger partial charge in [-0.2, -0.15) is 11.3 Å². The zero-order chi connectivity index (χ0) is 13.1. The van der Waals surface area contributed by atoms with Crippen molar-refractivity contribution in [3.63, 3.8) is 0 Å². The van der Waals surface area contributed by atoms with Gasteiger partial charge in [0.1, 0.15) is 11.5 Å². The zero-order valence-electron chi connectivity index (χ0n) is 9.02. The topological polar surface area (TPSA) is 55.2 Å². The fourth-order valence-electron chi connectivity index (χ4n) is 1.42. The number of rotatable bonds is 4. The Hall–Kier alpha value is -1.66. The molecule has 1 aromatic carbocycles. The van der Waals surface area contributed by atoms with Crippen LogP contribution >= 0.6 is 22.9 Å². The van der Waals surface area contributed by atoms with Gasteiger partial charge in [0.2, 0.25) is 0 Å². The first-order valence-electron chi connectivity index (χ1n) is 4.96. The highest BCUT2D eigenvalue weighted by atomic mass is 35.5. The fourth-order valence-corrected chi connectivity index (χ4v) is 2.25. The summed E-state index contributed by atoms with van der Waals surface area (Å²) in [5, 5.41) is 17.2. The average Bonchev–Trinajstić information content (AvgIpc) is 2.83. The molecule has 0 unspecified atom stereocenters. The molecule has 1 N–H and O–H groups in total. The van der Waals surface area contributed by atoms with Gasteiger partial charge in [0.05, 0.1) is 9.95 Å². The standard InChI is InChI=1S/C11H8ClFN2O2S/c12-8-3-11(15(16)17)10(4-9(8)13)14-5-7-1-2-18-6-7/h1-4,6,14H,5H2. The molecule has 1 heterocycles. The average molecular weight is 287 g/mol. The normalized spacial score (nSPS) is 10.3. The van der Waals surface area contributed by atoms with Crippen molar-refractivity contribution < 1.29 is 9.31 Å². The number of nitro groups is 1. The van der Waals surface area contributed by atoms with E-state index in [1.54, 1.807) is 0 Å². The third kappa shape index (κ3) is 2.77. The molecule has 7 heteroatoms. The lowest BCUT2D eigenvalue weighted by atomic mass is 10.2. The maximum atomic E-state index is 13.3. The molecule has 18 heavy (non-hydrogen) atoms. The molecule has 0 radical (unpaired) electrons. The summed E-state index contributed by atoms with van der Waals surface area (Å²) in [7, 11) is 0.